The summed E-state index contributed by atoms with van der Waals surface area (Å²) >= 11 is 0. The summed E-state index contributed by atoms with van der Waals surface area (Å²) in [5.74, 6) is -1.44. The van der Waals surface area contributed by atoms with Crippen molar-refractivity contribution >= 4 is 23.6 Å². The molecule has 0 aliphatic carbocycles. The van der Waals surface area contributed by atoms with E-state index in [9.17, 15) is 19.2 Å². The van der Waals surface area contributed by atoms with Crippen LogP contribution in [0.5, 0.6) is 5.75 Å². The zero-order chi connectivity index (χ0) is 30.8. The predicted molar refractivity (Wildman–Crippen MR) is 161 cm³/mol. The first-order valence-electron chi connectivity index (χ1n) is 15.0. The molecule has 1 fully saturated rings. The summed E-state index contributed by atoms with van der Waals surface area (Å²) in [6.45, 7) is 10.0. The lowest BCUT2D eigenvalue weighted by molar-refractivity contribution is -0.131. The fourth-order valence-electron chi connectivity index (χ4n) is 5.13. The van der Waals surface area contributed by atoms with Gasteiger partial charge >= 0.3 is 0 Å². The Hall–Kier alpha value is -3.96. The van der Waals surface area contributed by atoms with Crippen molar-refractivity contribution in [2.75, 3.05) is 32.9 Å². The number of carbonyl (C=O) groups is 4. The van der Waals surface area contributed by atoms with Gasteiger partial charge in [-0.05, 0) is 42.5 Å². The highest BCUT2D eigenvalue weighted by Crippen LogP contribution is 2.19. The molecular formula is C32H43N5O6. The zero-order valence-electron chi connectivity index (χ0n) is 25.2. The number of hydrogen-bond acceptors (Lipinski definition) is 7. The van der Waals surface area contributed by atoms with E-state index in [1.165, 1.54) is 0 Å². The van der Waals surface area contributed by atoms with Crippen molar-refractivity contribution in [3.8, 4) is 5.75 Å². The molecule has 0 spiro atoms. The average Bonchev–Trinajstić information content (AvgIpc) is 2.98. The van der Waals surface area contributed by atoms with Gasteiger partial charge < -0.3 is 30.7 Å². The third-order valence-corrected chi connectivity index (χ3v) is 7.35. The first-order chi connectivity index (χ1) is 20.7. The van der Waals surface area contributed by atoms with Crippen molar-refractivity contribution in [2.45, 2.75) is 64.8 Å². The Morgan fingerprint density at radius 2 is 1.74 bits per heavy atom. The lowest BCUT2D eigenvalue weighted by atomic mass is 10.0. The van der Waals surface area contributed by atoms with Gasteiger partial charge in [0, 0.05) is 26.2 Å². The van der Waals surface area contributed by atoms with Crippen molar-refractivity contribution in [1.82, 2.24) is 26.2 Å². The average molecular weight is 594 g/mol. The van der Waals surface area contributed by atoms with Gasteiger partial charge in [-0.15, -0.1) is 0 Å². The number of nitrogens with zero attached hydrogens (tertiary/aromatic N) is 1. The van der Waals surface area contributed by atoms with Gasteiger partial charge in [-0.2, -0.15) is 0 Å². The first kappa shape index (κ1) is 32.0. The summed E-state index contributed by atoms with van der Waals surface area (Å²) in [5, 5.41) is 11.3. The van der Waals surface area contributed by atoms with E-state index in [0.717, 1.165) is 44.0 Å². The van der Waals surface area contributed by atoms with Gasteiger partial charge in [0.15, 0.2) is 0 Å². The first-order valence-corrected chi connectivity index (χ1v) is 15.0. The zero-order valence-corrected chi connectivity index (χ0v) is 25.2. The lowest BCUT2D eigenvalue weighted by Gasteiger charge is -2.26. The molecule has 2 aliphatic rings. The van der Waals surface area contributed by atoms with E-state index in [1.807, 2.05) is 38.1 Å². The highest BCUT2D eigenvalue weighted by molar-refractivity contribution is 6.01. The Morgan fingerprint density at radius 1 is 1.00 bits per heavy atom. The Bertz CT molecular complexity index is 1280. The minimum absolute atomic E-state index is 0.118. The van der Waals surface area contributed by atoms with Gasteiger partial charge in [0.25, 0.3) is 5.91 Å². The van der Waals surface area contributed by atoms with Crippen LogP contribution in [0.15, 0.2) is 48.5 Å². The van der Waals surface area contributed by atoms with Crippen LogP contribution in [0.4, 0.5) is 0 Å². The summed E-state index contributed by atoms with van der Waals surface area (Å²) in [4.78, 5) is 55.4. The summed E-state index contributed by atoms with van der Waals surface area (Å²) in [6.07, 6.45) is 0.0765. The van der Waals surface area contributed by atoms with Crippen LogP contribution < -0.4 is 26.0 Å². The van der Waals surface area contributed by atoms with Crippen LogP contribution in [0.25, 0.3) is 0 Å². The van der Waals surface area contributed by atoms with E-state index in [4.69, 9.17) is 9.47 Å². The SMILES string of the molecule is CC(C)C[C@@H]1NC(=O)C[C@@H](C(=O)NCc2cccc(CN3CCOCC3)c2)NC(=O)c2ccccc2OC[C@@H](C)NC1=O. The molecule has 11 heteroatoms. The molecule has 232 valence electrons. The van der Waals surface area contributed by atoms with Crippen LogP contribution >= 0.6 is 0 Å². The molecule has 4 rings (SSSR count). The molecular weight excluding hydrogens is 550 g/mol. The summed E-state index contributed by atoms with van der Waals surface area (Å²) in [7, 11) is 0. The number of amides is 4. The molecule has 3 atom stereocenters. The quantitative estimate of drug-likeness (QED) is 0.384. The molecule has 11 nitrogen and oxygen atoms in total. The fourth-order valence-corrected chi connectivity index (χ4v) is 5.13. The van der Waals surface area contributed by atoms with Crippen molar-refractivity contribution in [1.29, 1.82) is 0 Å². The molecule has 2 aliphatic heterocycles. The van der Waals surface area contributed by atoms with Crippen molar-refractivity contribution in [2.24, 2.45) is 5.92 Å². The van der Waals surface area contributed by atoms with Gasteiger partial charge in [-0.1, -0.05) is 50.2 Å². The number of rotatable bonds is 7. The normalized spacial score (nSPS) is 22.3. The Labute approximate surface area is 253 Å². The van der Waals surface area contributed by atoms with E-state index in [0.29, 0.717) is 12.2 Å². The molecule has 1 saturated heterocycles. The molecule has 0 saturated carbocycles. The van der Waals surface area contributed by atoms with Gasteiger partial charge in [0.1, 0.15) is 24.4 Å². The number of hydrogen-bond donors (Lipinski definition) is 4. The monoisotopic (exact) mass is 593 g/mol. The number of fused-ring (bicyclic) bond motifs is 1. The number of morpholine rings is 1. The fraction of sp³-hybridized carbons (Fsp3) is 0.500. The van der Waals surface area contributed by atoms with E-state index in [2.05, 4.69) is 26.2 Å². The Kier molecular flexibility index (Phi) is 11.5. The molecule has 4 N–H and O–H groups in total. The smallest absolute Gasteiger partial charge is 0.255 e. The van der Waals surface area contributed by atoms with Crippen LogP contribution in [-0.2, 0) is 32.2 Å². The van der Waals surface area contributed by atoms with E-state index in [1.54, 1.807) is 31.2 Å². The highest BCUT2D eigenvalue weighted by atomic mass is 16.5. The molecule has 0 aromatic heterocycles. The van der Waals surface area contributed by atoms with E-state index >= 15 is 0 Å². The standard InChI is InChI=1S/C32H43N5O6/c1-21(2)15-26-32(41)34-22(3)20-43-28-10-5-4-9-25(28)30(39)36-27(17-29(38)35-26)31(40)33-18-23-7-6-8-24(16-23)19-37-11-13-42-14-12-37/h4-10,16,21-22,26-27H,11-15,17-20H2,1-3H3,(H,33,40)(H,34,41)(H,35,38)(H,36,39)/t22-,26+,27+/m1/s1. The number of carbonyl (C=O) groups excluding carboxylic acids is 4. The molecule has 0 radical (unpaired) electrons. The van der Waals surface area contributed by atoms with Gasteiger partial charge in [0.05, 0.1) is 31.2 Å². The van der Waals surface area contributed by atoms with E-state index in [-0.39, 0.29) is 43.0 Å². The minimum Gasteiger partial charge on any atom is -0.491 e. The van der Waals surface area contributed by atoms with Crippen LogP contribution in [0, 0.1) is 5.92 Å². The second-order valence-electron chi connectivity index (χ2n) is 11.6. The molecule has 2 aromatic carbocycles. The van der Waals surface area contributed by atoms with Crippen LogP contribution in [0.1, 0.15) is 55.1 Å². The predicted octanol–water partition coefficient (Wildman–Crippen LogP) is 1.75. The molecule has 43 heavy (non-hydrogen) atoms. The van der Waals surface area contributed by atoms with Gasteiger partial charge in [-0.25, -0.2) is 0 Å². The summed E-state index contributed by atoms with van der Waals surface area (Å²) < 4.78 is 11.3. The maximum Gasteiger partial charge on any atom is 0.255 e. The highest BCUT2D eigenvalue weighted by Gasteiger charge is 2.29. The topological polar surface area (TPSA) is 138 Å². The molecule has 0 unspecified atom stereocenters. The minimum atomic E-state index is -1.18. The third kappa shape index (κ3) is 9.79. The van der Waals surface area contributed by atoms with Gasteiger partial charge in [0.2, 0.25) is 17.7 Å². The maximum atomic E-state index is 13.4. The second-order valence-corrected chi connectivity index (χ2v) is 11.6. The van der Waals surface area contributed by atoms with Crippen molar-refractivity contribution < 1.29 is 28.7 Å². The molecule has 2 aromatic rings. The number of benzene rings is 2. The summed E-state index contributed by atoms with van der Waals surface area (Å²) in [6, 6.07) is 12.3. The van der Waals surface area contributed by atoms with Crippen LogP contribution in [0.2, 0.25) is 0 Å². The number of nitrogens with one attached hydrogen (secondary N) is 4. The summed E-state index contributed by atoms with van der Waals surface area (Å²) in [5.41, 5.74) is 2.25. The Morgan fingerprint density at radius 3 is 2.51 bits per heavy atom. The molecule has 4 amide bonds. The second kappa shape index (κ2) is 15.5. The van der Waals surface area contributed by atoms with Crippen molar-refractivity contribution in [3.05, 3.63) is 65.2 Å². The lowest BCUT2D eigenvalue weighted by Crippen LogP contribution is -2.53. The van der Waals surface area contributed by atoms with Crippen LogP contribution in [-0.4, -0.2) is 79.6 Å². The number of para-hydroxylation sites is 1. The van der Waals surface area contributed by atoms with E-state index < -0.39 is 29.8 Å². The molecule has 2 heterocycles. The van der Waals surface area contributed by atoms with Crippen LogP contribution in [0.3, 0.4) is 0 Å². The third-order valence-electron chi connectivity index (χ3n) is 7.35. The van der Waals surface area contributed by atoms with Crippen molar-refractivity contribution in [3.63, 3.8) is 0 Å². The largest absolute Gasteiger partial charge is 0.491 e. The number of ether oxygens (including phenoxy) is 2. The molecule has 0 bridgehead atoms. The maximum absolute atomic E-state index is 13.4. The Balaban J connectivity index is 1.50. The van der Waals surface area contributed by atoms with Gasteiger partial charge in [-0.3, -0.25) is 24.1 Å².